The Bertz CT molecular complexity index is 957. The molecular formula is C22H20N2O3. The highest BCUT2D eigenvalue weighted by molar-refractivity contribution is 5.99. The Kier molecular flexibility index (Phi) is 4.66. The van der Waals surface area contributed by atoms with Crippen molar-refractivity contribution in [3.05, 3.63) is 72.8 Å². The molecule has 3 aromatic carbocycles. The number of amides is 1. The van der Waals surface area contributed by atoms with E-state index in [0.717, 1.165) is 28.3 Å². The highest BCUT2D eigenvalue weighted by atomic mass is 16.7. The third-order valence-corrected chi connectivity index (χ3v) is 4.42. The first kappa shape index (κ1) is 17.0. The minimum Gasteiger partial charge on any atom is -0.454 e. The molecule has 0 fully saturated rings. The molecule has 2 N–H and O–H groups in total. The van der Waals surface area contributed by atoms with Crippen LogP contribution >= 0.6 is 0 Å². The zero-order valence-electron chi connectivity index (χ0n) is 14.9. The quantitative estimate of drug-likeness (QED) is 0.702. The van der Waals surface area contributed by atoms with Gasteiger partial charge in [0.2, 0.25) is 12.7 Å². The molecule has 0 unspecified atom stereocenters. The Morgan fingerprint density at radius 3 is 2.52 bits per heavy atom. The number of para-hydroxylation sites is 1. The Hall–Kier alpha value is -3.47. The van der Waals surface area contributed by atoms with Gasteiger partial charge in [-0.1, -0.05) is 48.5 Å². The van der Waals surface area contributed by atoms with Crippen molar-refractivity contribution in [3.63, 3.8) is 0 Å². The predicted molar refractivity (Wildman–Crippen MR) is 106 cm³/mol. The van der Waals surface area contributed by atoms with Crippen molar-refractivity contribution >= 4 is 17.3 Å². The molecule has 0 radical (unpaired) electrons. The first-order valence-corrected chi connectivity index (χ1v) is 8.82. The number of hydrogen-bond donors (Lipinski definition) is 2. The summed E-state index contributed by atoms with van der Waals surface area (Å²) in [5.74, 6) is 1.28. The van der Waals surface area contributed by atoms with E-state index in [9.17, 15) is 4.79 Å². The number of rotatable bonds is 5. The zero-order valence-corrected chi connectivity index (χ0v) is 14.9. The molecule has 1 heterocycles. The van der Waals surface area contributed by atoms with Gasteiger partial charge < -0.3 is 20.1 Å². The van der Waals surface area contributed by atoms with E-state index >= 15 is 0 Å². The van der Waals surface area contributed by atoms with Crippen molar-refractivity contribution in [2.75, 3.05) is 17.4 Å². The molecule has 0 bridgehead atoms. The van der Waals surface area contributed by atoms with E-state index in [0.29, 0.717) is 5.75 Å². The van der Waals surface area contributed by atoms with Crippen LogP contribution in [0.1, 0.15) is 6.92 Å². The maximum atomic E-state index is 12.7. The van der Waals surface area contributed by atoms with E-state index in [4.69, 9.17) is 9.47 Å². The van der Waals surface area contributed by atoms with E-state index in [1.807, 2.05) is 79.7 Å². The fraction of sp³-hybridized carbons (Fsp3) is 0.136. The third-order valence-electron chi connectivity index (χ3n) is 4.42. The number of ether oxygens (including phenoxy) is 2. The average molecular weight is 360 g/mol. The summed E-state index contributed by atoms with van der Waals surface area (Å²) in [5.41, 5.74) is 3.64. The van der Waals surface area contributed by atoms with Crippen molar-refractivity contribution in [1.82, 2.24) is 0 Å². The Labute approximate surface area is 157 Å². The van der Waals surface area contributed by atoms with Crippen LogP contribution in [0, 0.1) is 0 Å². The normalized spacial score (nSPS) is 13.1. The number of carbonyl (C=O) groups is 1. The lowest BCUT2D eigenvalue weighted by Gasteiger charge is -2.17. The number of carbonyl (C=O) groups excluding carboxylic acids is 1. The summed E-state index contributed by atoms with van der Waals surface area (Å²) >= 11 is 0. The fourth-order valence-corrected chi connectivity index (χ4v) is 3.00. The van der Waals surface area contributed by atoms with Gasteiger partial charge in [0.25, 0.3) is 0 Å². The monoisotopic (exact) mass is 360 g/mol. The molecule has 3 aromatic rings. The largest absolute Gasteiger partial charge is 0.454 e. The third kappa shape index (κ3) is 3.72. The molecular weight excluding hydrogens is 340 g/mol. The van der Waals surface area contributed by atoms with Gasteiger partial charge in [-0.25, -0.2) is 0 Å². The van der Waals surface area contributed by atoms with E-state index in [1.54, 1.807) is 0 Å². The first-order chi connectivity index (χ1) is 13.2. The van der Waals surface area contributed by atoms with Gasteiger partial charge in [-0.15, -0.1) is 0 Å². The fourth-order valence-electron chi connectivity index (χ4n) is 3.00. The number of fused-ring (bicyclic) bond motifs is 1. The molecule has 1 aliphatic rings. The van der Waals surface area contributed by atoms with E-state index in [-0.39, 0.29) is 12.7 Å². The smallest absolute Gasteiger partial charge is 0.246 e. The minimum absolute atomic E-state index is 0.115. The highest BCUT2D eigenvalue weighted by Gasteiger charge is 2.17. The second kappa shape index (κ2) is 7.41. The lowest BCUT2D eigenvalue weighted by Crippen LogP contribution is -2.32. The molecule has 0 saturated carbocycles. The van der Waals surface area contributed by atoms with Crippen LogP contribution in [0.25, 0.3) is 11.1 Å². The van der Waals surface area contributed by atoms with Crippen molar-refractivity contribution in [1.29, 1.82) is 0 Å². The summed E-state index contributed by atoms with van der Waals surface area (Å²) < 4.78 is 10.7. The maximum Gasteiger partial charge on any atom is 0.246 e. The molecule has 0 aliphatic carbocycles. The van der Waals surface area contributed by atoms with Gasteiger partial charge in [0.15, 0.2) is 11.5 Å². The molecule has 27 heavy (non-hydrogen) atoms. The van der Waals surface area contributed by atoms with Crippen LogP contribution in [0.2, 0.25) is 0 Å². The summed E-state index contributed by atoms with van der Waals surface area (Å²) in [7, 11) is 0. The second-order valence-corrected chi connectivity index (χ2v) is 6.33. The molecule has 0 saturated heterocycles. The predicted octanol–water partition coefficient (Wildman–Crippen LogP) is 4.52. The minimum atomic E-state index is -0.422. The van der Waals surface area contributed by atoms with Gasteiger partial charge in [0.05, 0.1) is 0 Å². The maximum absolute atomic E-state index is 12.7. The number of benzene rings is 3. The van der Waals surface area contributed by atoms with Crippen LogP contribution in [-0.4, -0.2) is 18.7 Å². The lowest BCUT2D eigenvalue weighted by atomic mass is 10.0. The SMILES string of the molecule is C[C@H](Nc1ccc2c(c1)OCO2)C(=O)Nc1ccccc1-c1ccccc1. The van der Waals surface area contributed by atoms with Crippen LogP contribution in [0.4, 0.5) is 11.4 Å². The molecule has 0 aromatic heterocycles. The first-order valence-electron chi connectivity index (χ1n) is 8.82. The van der Waals surface area contributed by atoms with Crippen molar-refractivity contribution in [2.24, 2.45) is 0 Å². The molecule has 1 amide bonds. The average Bonchev–Trinajstić information content (AvgIpc) is 3.17. The number of hydrogen-bond acceptors (Lipinski definition) is 4. The van der Waals surface area contributed by atoms with Gasteiger partial charge in [0.1, 0.15) is 6.04 Å². The summed E-state index contributed by atoms with van der Waals surface area (Å²) in [6.07, 6.45) is 0. The van der Waals surface area contributed by atoms with Crippen molar-refractivity contribution in [2.45, 2.75) is 13.0 Å². The van der Waals surface area contributed by atoms with Gasteiger partial charge in [-0.3, -0.25) is 4.79 Å². The van der Waals surface area contributed by atoms with Gasteiger partial charge in [0, 0.05) is 23.0 Å². The van der Waals surface area contributed by atoms with Crippen LogP contribution in [0.15, 0.2) is 72.8 Å². The summed E-state index contributed by atoms with van der Waals surface area (Å²) in [5, 5.41) is 6.23. The Balaban J connectivity index is 1.48. The summed E-state index contributed by atoms with van der Waals surface area (Å²) in [6.45, 7) is 2.05. The molecule has 0 spiro atoms. The molecule has 136 valence electrons. The van der Waals surface area contributed by atoms with Gasteiger partial charge in [-0.2, -0.15) is 0 Å². The van der Waals surface area contributed by atoms with Crippen LogP contribution in [-0.2, 0) is 4.79 Å². The topological polar surface area (TPSA) is 59.6 Å². The van der Waals surface area contributed by atoms with Crippen LogP contribution in [0.5, 0.6) is 11.5 Å². The van der Waals surface area contributed by atoms with E-state index in [2.05, 4.69) is 10.6 Å². The number of anilines is 2. The van der Waals surface area contributed by atoms with Gasteiger partial charge >= 0.3 is 0 Å². The van der Waals surface area contributed by atoms with E-state index in [1.165, 1.54) is 0 Å². The molecule has 1 atom stereocenters. The van der Waals surface area contributed by atoms with Crippen LogP contribution in [0.3, 0.4) is 0 Å². The standard InChI is InChI=1S/C22H20N2O3/c1-15(23-17-11-12-20-21(13-17)27-14-26-20)22(25)24-19-10-6-5-9-18(19)16-7-3-2-4-8-16/h2-13,15,23H,14H2,1H3,(H,24,25)/t15-/m0/s1. The van der Waals surface area contributed by atoms with Crippen molar-refractivity contribution < 1.29 is 14.3 Å². The number of nitrogens with one attached hydrogen (secondary N) is 2. The zero-order chi connectivity index (χ0) is 18.6. The highest BCUT2D eigenvalue weighted by Crippen LogP contribution is 2.34. The van der Waals surface area contributed by atoms with Crippen molar-refractivity contribution in [3.8, 4) is 22.6 Å². The molecule has 1 aliphatic heterocycles. The Morgan fingerprint density at radius 2 is 1.67 bits per heavy atom. The second-order valence-electron chi connectivity index (χ2n) is 6.33. The molecule has 5 nitrogen and oxygen atoms in total. The Morgan fingerprint density at radius 1 is 0.926 bits per heavy atom. The van der Waals surface area contributed by atoms with Crippen LogP contribution < -0.4 is 20.1 Å². The van der Waals surface area contributed by atoms with E-state index < -0.39 is 6.04 Å². The summed E-state index contributed by atoms with van der Waals surface area (Å²) in [4.78, 5) is 12.7. The van der Waals surface area contributed by atoms with Gasteiger partial charge in [-0.05, 0) is 30.7 Å². The molecule has 5 heteroatoms. The summed E-state index contributed by atoms with van der Waals surface area (Å²) in [6, 6.07) is 22.9. The lowest BCUT2D eigenvalue weighted by molar-refractivity contribution is -0.116. The molecule has 4 rings (SSSR count).